The van der Waals surface area contributed by atoms with E-state index in [1.807, 2.05) is 0 Å². The van der Waals surface area contributed by atoms with Crippen LogP contribution in [0.2, 0.25) is 0 Å². The molecule has 0 aliphatic carbocycles. The van der Waals surface area contributed by atoms with Crippen LogP contribution in [0.5, 0.6) is 0 Å². The molecule has 1 atom stereocenters. The van der Waals surface area contributed by atoms with Gasteiger partial charge in [-0.15, -0.1) is 0 Å². The normalized spacial score (nSPS) is 26.8. The fourth-order valence-corrected chi connectivity index (χ4v) is 1.07. The molecule has 0 radical (unpaired) electrons. The van der Waals surface area contributed by atoms with Crippen molar-refractivity contribution >= 4 is 6.03 Å². The Bertz CT molecular complexity index is 125. The zero-order valence-corrected chi connectivity index (χ0v) is 5.21. The lowest BCUT2D eigenvalue weighted by Gasteiger charge is -2.17. The molecule has 4 N–H and O–H groups in total. The van der Waals surface area contributed by atoms with Gasteiger partial charge in [-0.25, -0.2) is 4.79 Å². The maximum Gasteiger partial charge on any atom is 0.316 e. The smallest absolute Gasteiger partial charge is 0.316 e. The van der Waals surface area contributed by atoms with Crippen LogP contribution in [-0.2, 0) is 0 Å². The number of hydrogen-bond acceptors (Lipinski definition) is 2. The summed E-state index contributed by atoms with van der Waals surface area (Å²) in [6, 6.07) is -0.403. The fraction of sp³-hybridized carbons (Fsp3) is 0.800. The molecule has 1 heterocycles. The van der Waals surface area contributed by atoms with Gasteiger partial charge in [-0.05, 0) is 12.8 Å². The first-order valence-electron chi connectivity index (χ1n) is 3.03. The van der Waals surface area contributed by atoms with Gasteiger partial charge < -0.3 is 16.4 Å². The quantitative estimate of drug-likeness (QED) is 0.460. The number of primary amides is 1. The van der Waals surface area contributed by atoms with E-state index in [0.717, 1.165) is 19.4 Å². The van der Waals surface area contributed by atoms with Gasteiger partial charge in [0.1, 0.15) is 0 Å². The predicted molar refractivity (Wildman–Crippen MR) is 33.5 cm³/mol. The Balaban J connectivity index is 2.49. The van der Waals surface area contributed by atoms with Crippen LogP contribution in [-0.4, -0.2) is 23.6 Å². The van der Waals surface area contributed by atoms with Crippen molar-refractivity contribution in [1.82, 2.24) is 4.90 Å². The lowest BCUT2D eigenvalue weighted by Crippen LogP contribution is -2.43. The molecular weight excluding hydrogens is 118 g/mol. The topological polar surface area (TPSA) is 72.4 Å². The number of likely N-dealkylation sites (tertiary alicyclic amines) is 1. The first kappa shape index (κ1) is 6.35. The van der Waals surface area contributed by atoms with Gasteiger partial charge >= 0.3 is 6.03 Å². The molecule has 4 heteroatoms. The van der Waals surface area contributed by atoms with Crippen molar-refractivity contribution in [1.29, 1.82) is 0 Å². The average molecular weight is 129 g/mol. The van der Waals surface area contributed by atoms with Gasteiger partial charge in [0.2, 0.25) is 0 Å². The van der Waals surface area contributed by atoms with Crippen LogP contribution in [0, 0.1) is 0 Å². The van der Waals surface area contributed by atoms with Crippen LogP contribution in [0.25, 0.3) is 0 Å². The SMILES string of the molecule is NC(=O)N1CCCC1N. The van der Waals surface area contributed by atoms with Crippen molar-refractivity contribution < 1.29 is 4.79 Å². The molecule has 1 unspecified atom stereocenters. The Morgan fingerprint density at radius 2 is 2.33 bits per heavy atom. The molecule has 0 saturated carbocycles. The van der Waals surface area contributed by atoms with Crippen molar-refractivity contribution in [3.8, 4) is 0 Å². The van der Waals surface area contributed by atoms with Gasteiger partial charge in [0, 0.05) is 6.54 Å². The maximum absolute atomic E-state index is 10.5. The molecule has 1 rings (SSSR count). The van der Waals surface area contributed by atoms with Crippen LogP contribution in [0.1, 0.15) is 12.8 Å². The van der Waals surface area contributed by atoms with Crippen molar-refractivity contribution in [2.75, 3.05) is 6.54 Å². The number of carbonyl (C=O) groups excluding carboxylic acids is 1. The molecule has 4 nitrogen and oxygen atoms in total. The number of hydrogen-bond donors (Lipinski definition) is 2. The highest BCUT2D eigenvalue weighted by molar-refractivity contribution is 5.72. The van der Waals surface area contributed by atoms with Crippen molar-refractivity contribution in [3.05, 3.63) is 0 Å². The number of urea groups is 1. The first-order chi connectivity index (χ1) is 4.22. The molecule has 1 aliphatic heterocycles. The van der Waals surface area contributed by atoms with Crippen LogP contribution in [0.15, 0.2) is 0 Å². The van der Waals surface area contributed by atoms with Crippen LogP contribution < -0.4 is 11.5 Å². The second kappa shape index (κ2) is 2.23. The summed E-state index contributed by atoms with van der Waals surface area (Å²) in [5, 5.41) is 0. The number of rotatable bonds is 0. The fourth-order valence-electron chi connectivity index (χ4n) is 1.07. The van der Waals surface area contributed by atoms with Crippen molar-refractivity contribution in [3.63, 3.8) is 0 Å². The summed E-state index contributed by atoms with van der Waals surface area (Å²) in [5.74, 6) is 0. The van der Waals surface area contributed by atoms with E-state index in [0.29, 0.717) is 0 Å². The standard InChI is InChI=1S/C5H11N3O/c6-4-2-1-3-8(4)5(7)9/h4H,1-3,6H2,(H2,7,9). The van der Waals surface area contributed by atoms with Gasteiger partial charge in [0.25, 0.3) is 0 Å². The molecular formula is C5H11N3O. The third-order valence-corrected chi connectivity index (χ3v) is 1.58. The van der Waals surface area contributed by atoms with Gasteiger partial charge in [-0.3, -0.25) is 0 Å². The molecule has 52 valence electrons. The number of nitrogens with two attached hydrogens (primary N) is 2. The minimum Gasteiger partial charge on any atom is -0.351 e. The molecule has 0 aromatic rings. The molecule has 0 aromatic heterocycles. The summed E-state index contributed by atoms with van der Waals surface area (Å²) >= 11 is 0. The van der Waals surface area contributed by atoms with Crippen molar-refractivity contribution in [2.24, 2.45) is 11.5 Å². The maximum atomic E-state index is 10.5. The molecule has 2 amide bonds. The van der Waals surface area contributed by atoms with E-state index < -0.39 is 6.03 Å². The molecule has 0 aromatic carbocycles. The Labute approximate surface area is 53.8 Å². The van der Waals surface area contributed by atoms with Crippen LogP contribution in [0.4, 0.5) is 4.79 Å². The number of amides is 2. The Morgan fingerprint density at radius 3 is 2.56 bits per heavy atom. The Hall–Kier alpha value is -0.770. The molecule has 0 bridgehead atoms. The highest BCUT2D eigenvalue weighted by Crippen LogP contribution is 2.10. The third kappa shape index (κ3) is 1.13. The van der Waals surface area contributed by atoms with E-state index in [-0.39, 0.29) is 6.17 Å². The van der Waals surface area contributed by atoms with Crippen LogP contribution in [0.3, 0.4) is 0 Å². The minimum atomic E-state index is -0.403. The summed E-state index contributed by atoms with van der Waals surface area (Å²) in [4.78, 5) is 12.0. The van der Waals surface area contributed by atoms with Gasteiger partial charge in [0.05, 0.1) is 6.17 Å². The second-order valence-corrected chi connectivity index (χ2v) is 2.24. The minimum absolute atomic E-state index is 0.137. The monoisotopic (exact) mass is 129 g/mol. The molecule has 1 fully saturated rings. The van der Waals surface area contributed by atoms with E-state index in [9.17, 15) is 4.79 Å². The van der Waals surface area contributed by atoms with Gasteiger partial charge in [-0.1, -0.05) is 0 Å². The first-order valence-corrected chi connectivity index (χ1v) is 3.03. The summed E-state index contributed by atoms with van der Waals surface area (Å²) in [6.45, 7) is 0.719. The summed E-state index contributed by atoms with van der Waals surface area (Å²) in [7, 11) is 0. The highest BCUT2D eigenvalue weighted by Gasteiger charge is 2.22. The Morgan fingerprint density at radius 1 is 1.67 bits per heavy atom. The average Bonchev–Trinajstić information content (AvgIpc) is 2.13. The largest absolute Gasteiger partial charge is 0.351 e. The predicted octanol–water partition coefficient (Wildman–Crippen LogP) is -0.554. The van der Waals surface area contributed by atoms with E-state index in [1.165, 1.54) is 4.90 Å². The number of nitrogens with zero attached hydrogens (tertiary/aromatic N) is 1. The highest BCUT2D eigenvalue weighted by atomic mass is 16.2. The summed E-state index contributed by atoms with van der Waals surface area (Å²) < 4.78 is 0. The van der Waals surface area contributed by atoms with Gasteiger partial charge in [0.15, 0.2) is 0 Å². The molecule has 1 saturated heterocycles. The number of carbonyl (C=O) groups is 1. The molecule has 1 aliphatic rings. The lowest BCUT2D eigenvalue weighted by molar-refractivity contribution is 0.203. The van der Waals surface area contributed by atoms with Crippen molar-refractivity contribution in [2.45, 2.75) is 19.0 Å². The molecule has 0 spiro atoms. The van der Waals surface area contributed by atoms with E-state index in [1.54, 1.807) is 0 Å². The second-order valence-electron chi connectivity index (χ2n) is 2.24. The third-order valence-electron chi connectivity index (χ3n) is 1.58. The van der Waals surface area contributed by atoms with E-state index in [2.05, 4.69) is 0 Å². The zero-order valence-electron chi connectivity index (χ0n) is 5.21. The van der Waals surface area contributed by atoms with Gasteiger partial charge in [-0.2, -0.15) is 0 Å². The lowest BCUT2D eigenvalue weighted by atomic mass is 10.3. The Kier molecular flexibility index (Phi) is 1.57. The summed E-state index contributed by atoms with van der Waals surface area (Å²) in [6.07, 6.45) is 1.72. The molecule has 9 heavy (non-hydrogen) atoms. The van der Waals surface area contributed by atoms with E-state index >= 15 is 0 Å². The zero-order chi connectivity index (χ0) is 6.85. The van der Waals surface area contributed by atoms with E-state index in [4.69, 9.17) is 11.5 Å². The summed E-state index contributed by atoms with van der Waals surface area (Å²) in [5.41, 5.74) is 10.5. The van der Waals surface area contributed by atoms with Crippen LogP contribution >= 0.6 is 0 Å².